The van der Waals surface area contributed by atoms with Crippen LogP contribution in [0.25, 0.3) is 0 Å². The first-order valence-corrected chi connectivity index (χ1v) is 7.52. The maximum Gasteiger partial charge on any atom is 0.124 e. The topological polar surface area (TPSA) is 56.4 Å². The zero-order chi connectivity index (χ0) is 14.3. The van der Waals surface area contributed by atoms with E-state index in [-0.39, 0.29) is 5.84 Å². The third-order valence-corrected chi connectivity index (χ3v) is 4.69. The lowest BCUT2D eigenvalue weighted by Gasteiger charge is -2.44. The second kappa shape index (κ2) is 5.09. The molecular formula is C16H24N4. The average molecular weight is 272 g/mol. The number of anilines is 1. The number of benzene rings is 1. The molecule has 2 atom stereocenters. The summed E-state index contributed by atoms with van der Waals surface area (Å²) < 4.78 is 0. The molecule has 0 bridgehead atoms. The highest BCUT2D eigenvalue weighted by molar-refractivity contribution is 6.00. The Morgan fingerprint density at radius 2 is 2.15 bits per heavy atom. The molecule has 0 saturated carbocycles. The SMILES string of the molecule is Cc1ccc(N2CC3CCCN3CC2C)c(C(=N)N)c1. The van der Waals surface area contributed by atoms with E-state index in [1.54, 1.807) is 0 Å². The quantitative estimate of drug-likeness (QED) is 0.639. The van der Waals surface area contributed by atoms with Crippen LogP contribution in [0.4, 0.5) is 5.69 Å². The highest BCUT2D eigenvalue weighted by Crippen LogP contribution is 2.31. The van der Waals surface area contributed by atoms with Gasteiger partial charge in [-0.25, -0.2) is 0 Å². The number of rotatable bonds is 2. The summed E-state index contributed by atoms with van der Waals surface area (Å²) in [4.78, 5) is 5.06. The fraction of sp³-hybridized carbons (Fsp3) is 0.562. The Bertz CT molecular complexity index is 525. The van der Waals surface area contributed by atoms with Crippen molar-refractivity contribution in [2.45, 2.75) is 38.8 Å². The van der Waals surface area contributed by atoms with Gasteiger partial charge in [-0.3, -0.25) is 10.3 Å². The van der Waals surface area contributed by atoms with Crippen LogP contribution in [0.1, 0.15) is 30.9 Å². The molecule has 3 N–H and O–H groups in total. The zero-order valence-corrected chi connectivity index (χ0v) is 12.4. The van der Waals surface area contributed by atoms with E-state index < -0.39 is 0 Å². The summed E-state index contributed by atoms with van der Waals surface area (Å²) in [5, 5.41) is 7.85. The van der Waals surface area contributed by atoms with Crippen LogP contribution in [0.3, 0.4) is 0 Å². The lowest BCUT2D eigenvalue weighted by atomic mass is 10.0. The Morgan fingerprint density at radius 1 is 1.35 bits per heavy atom. The number of nitrogens with two attached hydrogens (primary N) is 1. The predicted octanol–water partition coefficient (Wildman–Crippen LogP) is 1.95. The lowest BCUT2D eigenvalue weighted by molar-refractivity contribution is 0.203. The van der Waals surface area contributed by atoms with Crippen molar-refractivity contribution in [3.8, 4) is 0 Å². The van der Waals surface area contributed by atoms with Gasteiger partial charge >= 0.3 is 0 Å². The third-order valence-electron chi connectivity index (χ3n) is 4.69. The van der Waals surface area contributed by atoms with Crippen molar-refractivity contribution in [3.63, 3.8) is 0 Å². The number of nitrogens with one attached hydrogen (secondary N) is 1. The lowest BCUT2D eigenvalue weighted by Crippen LogP contribution is -2.55. The van der Waals surface area contributed by atoms with Crippen LogP contribution in [-0.4, -0.2) is 42.5 Å². The molecule has 2 fully saturated rings. The summed E-state index contributed by atoms with van der Waals surface area (Å²) in [5.41, 5.74) is 8.95. The van der Waals surface area contributed by atoms with Gasteiger partial charge < -0.3 is 10.6 Å². The number of piperazine rings is 1. The molecule has 0 amide bonds. The molecule has 4 heteroatoms. The first kappa shape index (κ1) is 13.4. The van der Waals surface area contributed by atoms with E-state index >= 15 is 0 Å². The Balaban J connectivity index is 1.93. The summed E-state index contributed by atoms with van der Waals surface area (Å²) in [6.45, 7) is 7.75. The monoisotopic (exact) mass is 272 g/mol. The maximum atomic E-state index is 7.85. The number of amidine groups is 1. The normalized spacial score (nSPS) is 26.6. The van der Waals surface area contributed by atoms with Gasteiger partial charge in [0.15, 0.2) is 0 Å². The van der Waals surface area contributed by atoms with Crippen molar-refractivity contribution < 1.29 is 0 Å². The van der Waals surface area contributed by atoms with Crippen molar-refractivity contribution in [1.29, 1.82) is 5.41 Å². The van der Waals surface area contributed by atoms with Crippen molar-refractivity contribution >= 4 is 11.5 Å². The van der Waals surface area contributed by atoms with Crippen LogP contribution in [0, 0.1) is 12.3 Å². The number of hydrogen-bond donors (Lipinski definition) is 2. The van der Waals surface area contributed by atoms with E-state index in [4.69, 9.17) is 11.1 Å². The minimum Gasteiger partial charge on any atom is -0.384 e. The van der Waals surface area contributed by atoms with E-state index in [0.717, 1.165) is 29.9 Å². The van der Waals surface area contributed by atoms with Gasteiger partial charge in [-0.1, -0.05) is 11.6 Å². The highest BCUT2D eigenvalue weighted by atomic mass is 15.3. The van der Waals surface area contributed by atoms with Gasteiger partial charge in [-0.15, -0.1) is 0 Å². The molecule has 3 rings (SSSR count). The van der Waals surface area contributed by atoms with Crippen LogP contribution in [0.2, 0.25) is 0 Å². The Labute approximate surface area is 121 Å². The molecule has 1 aromatic rings. The van der Waals surface area contributed by atoms with E-state index in [0.29, 0.717) is 12.1 Å². The smallest absolute Gasteiger partial charge is 0.124 e. The van der Waals surface area contributed by atoms with Crippen molar-refractivity contribution in [3.05, 3.63) is 29.3 Å². The van der Waals surface area contributed by atoms with Crippen LogP contribution in [0.5, 0.6) is 0 Å². The van der Waals surface area contributed by atoms with Gasteiger partial charge in [-0.05, 0) is 45.4 Å². The number of hydrogen-bond acceptors (Lipinski definition) is 3. The Kier molecular flexibility index (Phi) is 3.42. The van der Waals surface area contributed by atoms with Gasteiger partial charge in [0.05, 0.1) is 0 Å². The molecule has 2 aliphatic rings. The van der Waals surface area contributed by atoms with Crippen molar-refractivity contribution in [1.82, 2.24) is 4.90 Å². The Morgan fingerprint density at radius 3 is 2.90 bits per heavy atom. The third kappa shape index (κ3) is 2.29. The minimum atomic E-state index is 0.171. The van der Waals surface area contributed by atoms with E-state index in [1.807, 2.05) is 6.07 Å². The van der Waals surface area contributed by atoms with E-state index in [1.165, 1.54) is 19.4 Å². The van der Waals surface area contributed by atoms with Crippen molar-refractivity contribution in [2.75, 3.05) is 24.5 Å². The Hall–Kier alpha value is -1.55. The number of nitrogens with zero attached hydrogens (tertiary/aromatic N) is 2. The van der Waals surface area contributed by atoms with Gasteiger partial charge in [0.2, 0.25) is 0 Å². The first-order chi connectivity index (χ1) is 9.56. The van der Waals surface area contributed by atoms with Crippen LogP contribution < -0.4 is 10.6 Å². The predicted molar refractivity (Wildman–Crippen MR) is 83.6 cm³/mol. The molecule has 0 aromatic heterocycles. The highest BCUT2D eigenvalue weighted by Gasteiger charge is 2.35. The zero-order valence-electron chi connectivity index (χ0n) is 12.4. The van der Waals surface area contributed by atoms with Gasteiger partial charge in [0.1, 0.15) is 5.84 Å². The second-order valence-corrected chi connectivity index (χ2v) is 6.23. The summed E-state index contributed by atoms with van der Waals surface area (Å²) >= 11 is 0. The molecule has 2 heterocycles. The van der Waals surface area contributed by atoms with Crippen LogP contribution in [-0.2, 0) is 0 Å². The van der Waals surface area contributed by atoms with Gasteiger partial charge in [-0.2, -0.15) is 0 Å². The molecule has 1 aromatic carbocycles. The largest absolute Gasteiger partial charge is 0.384 e. The molecule has 2 saturated heterocycles. The number of nitrogen functional groups attached to an aromatic ring is 1. The fourth-order valence-electron chi connectivity index (χ4n) is 3.64. The average Bonchev–Trinajstić information content (AvgIpc) is 2.85. The number of fused-ring (bicyclic) bond motifs is 1. The molecule has 0 aliphatic carbocycles. The summed E-state index contributed by atoms with van der Waals surface area (Å²) in [6.07, 6.45) is 2.61. The van der Waals surface area contributed by atoms with E-state index in [2.05, 4.69) is 35.8 Å². The molecule has 0 spiro atoms. The summed E-state index contributed by atoms with van der Waals surface area (Å²) in [6, 6.07) is 7.44. The molecule has 2 aliphatic heterocycles. The molecule has 2 unspecified atom stereocenters. The number of aryl methyl sites for hydroxylation is 1. The molecule has 108 valence electrons. The molecule has 4 nitrogen and oxygen atoms in total. The first-order valence-electron chi connectivity index (χ1n) is 7.52. The van der Waals surface area contributed by atoms with Crippen molar-refractivity contribution in [2.24, 2.45) is 5.73 Å². The fourth-order valence-corrected chi connectivity index (χ4v) is 3.64. The second-order valence-electron chi connectivity index (χ2n) is 6.23. The van der Waals surface area contributed by atoms with E-state index in [9.17, 15) is 0 Å². The van der Waals surface area contributed by atoms with Crippen LogP contribution in [0.15, 0.2) is 18.2 Å². The maximum absolute atomic E-state index is 7.85. The van der Waals surface area contributed by atoms with Gasteiger partial charge in [0, 0.05) is 36.4 Å². The summed E-state index contributed by atoms with van der Waals surface area (Å²) in [5.74, 6) is 0.171. The molecular weight excluding hydrogens is 248 g/mol. The molecule has 0 radical (unpaired) electrons. The minimum absolute atomic E-state index is 0.171. The molecule has 20 heavy (non-hydrogen) atoms. The van der Waals surface area contributed by atoms with Gasteiger partial charge in [0.25, 0.3) is 0 Å². The van der Waals surface area contributed by atoms with Crippen LogP contribution >= 0.6 is 0 Å². The summed E-state index contributed by atoms with van der Waals surface area (Å²) in [7, 11) is 0. The standard InChI is InChI=1S/C16H24N4/c1-11-5-6-15(14(8-11)16(17)18)20-10-13-4-3-7-19(13)9-12(20)2/h5-6,8,12-13H,3-4,7,9-10H2,1-2H3,(H3,17,18).